The standard InChI is InChI=1S/C17H18O2/c1-2-15(18)13-12-14-8-6-7-11-17(14)19-16-9-4-3-5-10-16/h3-11H,2,12-13H2,1H3. The van der Waals surface area contributed by atoms with Crippen molar-refractivity contribution in [2.24, 2.45) is 0 Å². The zero-order chi connectivity index (χ0) is 13.5. The number of ether oxygens (including phenoxy) is 1. The molecule has 0 aliphatic heterocycles. The molecular formula is C17H18O2. The second kappa shape index (κ2) is 6.74. The summed E-state index contributed by atoms with van der Waals surface area (Å²) in [5.74, 6) is 1.93. The molecule has 2 rings (SSSR count). The van der Waals surface area contributed by atoms with Crippen LogP contribution in [0.4, 0.5) is 0 Å². The monoisotopic (exact) mass is 254 g/mol. The van der Waals surface area contributed by atoms with Gasteiger partial charge in [0, 0.05) is 12.8 Å². The maximum absolute atomic E-state index is 11.4. The SMILES string of the molecule is CCC(=O)CCc1ccccc1Oc1ccccc1. The van der Waals surface area contributed by atoms with Crippen LogP contribution in [0.5, 0.6) is 11.5 Å². The predicted molar refractivity (Wildman–Crippen MR) is 76.6 cm³/mol. The van der Waals surface area contributed by atoms with Crippen LogP contribution in [-0.2, 0) is 11.2 Å². The molecule has 0 aliphatic carbocycles. The molecule has 0 saturated heterocycles. The Morgan fingerprint density at radius 3 is 2.42 bits per heavy atom. The van der Waals surface area contributed by atoms with E-state index in [4.69, 9.17) is 4.74 Å². The average Bonchev–Trinajstić information content (AvgIpc) is 2.47. The first-order chi connectivity index (χ1) is 9.29. The second-order valence-electron chi connectivity index (χ2n) is 4.42. The van der Waals surface area contributed by atoms with E-state index in [0.29, 0.717) is 12.8 Å². The number of aryl methyl sites for hydroxylation is 1. The number of carbonyl (C=O) groups is 1. The summed E-state index contributed by atoms with van der Waals surface area (Å²) in [4.78, 5) is 11.4. The van der Waals surface area contributed by atoms with Crippen molar-refractivity contribution in [3.63, 3.8) is 0 Å². The fraction of sp³-hybridized carbons (Fsp3) is 0.235. The van der Waals surface area contributed by atoms with E-state index in [-0.39, 0.29) is 5.78 Å². The Bertz CT molecular complexity index is 532. The van der Waals surface area contributed by atoms with Crippen LogP contribution in [-0.4, -0.2) is 5.78 Å². The number of benzene rings is 2. The zero-order valence-electron chi connectivity index (χ0n) is 11.1. The summed E-state index contributed by atoms with van der Waals surface area (Å²) in [6.45, 7) is 1.90. The third kappa shape index (κ3) is 3.95. The molecule has 0 fully saturated rings. The van der Waals surface area contributed by atoms with Crippen LogP contribution in [0.3, 0.4) is 0 Å². The van der Waals surface area contributed by atoms with Gasteiger partial charge in [-0.3, -0.25) is 4.79 Å². The summed E-state index contributed by atoms with van der Waals surface area (Å²) in [6, 6.07) is 17.6. The van der Waals surface area contributed by atoms with E-state index in [1.54, 1.807) is 0 Å². The Morgan fingerprint density at radius 2 is 1.68 bits per heavy atom. The number of Topliss-reactive ketones (excluding diaryl/α,β-unsaturated/α-hetero) is 1. The molecule has 0 heterocycles. The second-order valence-corrected chi connectivity index (χ2v) is 4.42. The number of hydrogen-bond acceptors (Lipinski definition) is 2. The Morgan fingerprint density at radius 1 is 1.00 bits per heavy atom. The Hall–Kier alpha value is -2.09. The average molecular weight is 254 g/mol. The van der Waals surface area contributed by atoms with Crippen molar-refractivity contribution in [1.29, 1.82) is 0 Å². The van der Waals surface area contributed by atoms with E-state index in [0.717, 1.165) is 23.5 Å². The van der Waals surface area contributed by atoms with Gasteiger partial charge in [0.2, 0.25) is 0 Å². The van der Waals surface area contributed by atoms with E-state index in [2.05, 4.69) is 0 Å². The fourth-order valence-electron chi connectivity index (χ4n) is 1.88. The van der Waals surface area contributed by atoms with Crippen LogP contribution in [0.1, 0.15) is 25.3 Å². The Labute approximate surface area is 114 Å². The zero-order valence-corrected chi connectivity index (χ0v) is 11.1. The van der Waals surface area contributed by atoms with Crippen molar-refractivity contribution in [3.05, 3.63) is 60.2 Å². The fourth-order valence-corrected chi connectivity index (χ4v) is 1.88. The van der Waals surface area contributed by atoms with Crippen molar-refractivity contribution >= 4 is 5.78 Å². The normalized spacial score (nSPS) is 10.2. The number of ketones is 1. The summed E-state index contributed by atoms with van der Waals surface area (Å²) in [7, 11) is 0. The van der Waals surface area contributed by atoms with Crippen molar-refractivity contribution in [1.82, 2.24) is 0 Å². The van der Waals surface area contributed by atoms with Gasteiger partial charge in [-0.25, -0.2) is 0 Å². The van der Waals surface area contributed by atoms with Crippen LogP contribution >= 0.6 is 0 Å². The van der Waals surface area contributed by atoms with Crippen LogP contribution in [0.25, 0.3) is 0 Å². The number of carbonyl (C=O) groups excluding carboxylic acids is 1. The Kier molecular flexibility index (Phi) is 4.73. The molecule has 0 bridgehead atoms. The molecule has 2 aromatic rings. The molecule has 0 N–H and O–H groups in total. The smallest absolute Gasteiger partial charge is 0.132 e. The maximum Gasteiger partial charge on any atom is 0.132 e. The molecular weight excluding hydrogens is 236 g/mol. The van der Waals surface area contributed by atoms with Gasteiger partial charge in [0.25, 0.3) is 0 Å². The molecule has 0 spiro atoms. The van der Waals surface area contributed by atoms with E-state index in [1.165, 1.54) is 0 Å². The van der Waals surface area contributed by atoms with E-state index in [9.17, 15) is 4.79 Å². The van der Waals surface area contributed by atoms with Gasteiger partial charge >= 0.3 is 0 Å². The first-order valence-corrected chi connectivity index (χ1v) is 6.62. The molecule has 0 saturated carbocycles. The minimum absolute atomic E-state index is 0.287. The minimum Gasteiger partial charge on any atom is -0.457 e. The molecule has 0 unspecified atom stereocenters. The first-order valence-electron chi connectivity index (χ1n) is 6.62. The summed E-state index contributed by atoms with van der Waals surface area (Å²) >= 11 is 0. The van der Waals surface area contributed by atoms with Gasteiger partial charge in [0.15, 0.2) is 0 Å². The van der Waals surface area contributed by atoms with Crippen molar-refractivity contribution in [2.75, 3.05) is 0 Å². The van der Waals surface area contributed by atoms with E-state index >= 15 is 0 Å². The predicted octanol–water partition coefficient (Wildman–Crippen LogP) is 4.39. The highest BCUT2D eigenvalue weighted by Gasteiger charge is 2.06. The van der Waals surface area contributed by atoms with Gasteiger partial charge < -0.3 is 4.74 Å². The molecule has 0 amide bonds. The van der Waals surface area contributed by atoms with Gasteiger partial charge in [0.05, 0.1) is 0 Å². The highest BCUT2D eigenvalue weighted by molar-refractivity contribution is 5.78. The lowest BCUT2D eigenvalue weighted by atomic mass is 10.1. The molecule has 2 aromatic carbocycles. The van der Waals surface area contributed by atoms with Gasteiger partial charge in [-0.2, -0.15) is 0 Å². The summed E-state index contributed by atoms with van der Waals surface area (Å²) in [5, 5.41) is 0. The quantitative estimate of drug-likeness (QED) is 0.764. The van der Waals surface area contributed by atoms with Gasteiger partial charge in [-0.15, -0.1) is 0 Å². The lowest BCUT2D eigenvalue weighted by molar-refractivity contribution is -0.118. The lowest BCUT2D eigenvalue weighted by Gasteiger charge is -2.10. The molecule has 2 nitrogen and oxygen atoms in total. The Balaban J connectivity index is 2.10. The number of rotatable bonds is 6. The summed E-state index contributed by atoms with van der Waals surface area (Å²) < 4.78 is 5.86. The third-order valence-electron chi connectivity index (χ3n) is 3.01. The summed E-state index contributed by atoms with van der Waals surface area (Å²) in [6.07, 6.45) is 1.91. The summed E-state index contributed by atoms with van der Waals surface area (Å²) in [5.41, 5.74) is 1.08. The topological polar surface area (TPSA) is 26.3 Å². The third-order valence-corrected chi connectivity index (χ3v) is 3.01. The highest BCUT2D eigenvalue weighted by Crippen LogP contribution is 2.25. The van der Waals surface area contributed by atoms with Gasteiger partial charge in [0.1, 0.15) is 17.3 Å². The van der Waals surface area contributed by atoms with Crippen molar-refractivity contribution in [3.8, 4) is 11.5 Å². The minimum atomic E-state index is 0.287. The van der Waals surface area contributed by atoms with E-state index in [1.807, 2.05) is 61.5 Å². The lowest BCUT2D eigenvalue weighted by Crippen LogP contribution is -1.99. The van der Waals surface area contributed by atoms with Crippen LogP contribution in [0.2, 0.25) is 0 Å². The van der Waals surface area contributed by atoms with Crippen LogP contribution < -0.4 is 4.74 Å². The molecule has 0 atom stereocenters. The van der Waals surface area contributed by atoms with E-state index < -0.39 is 0 Å². The van der Waals surface area contributed by atoms with Crippen LogP contribution in [0, 0.1) is 0 Å². The largest absolute Gasteiger partial charge is 0.457 e. The van der Waals surface area contributed by atoms with Gasteiger partial charge in [-0.05, 0) is 30.2 Å². The maximum atomic E-state index is 11.4. The molecule has 0 aliphatic rings. The highest BCUT2D eigenvalue weighted by atomic mass is 16.5. The van der Waals surface area contributed by atoms with Crippen LogP contribution in [0.15, 0.2) is 54.6 Å². The van der Waals surface area contributed by atoms with Gasteiger partial charge in [-0.1, -0.05) is 43.3 Å². The molecule has 0 radical (unpaired) electrons. The number of para-hydroxylation sites is 2. The van der Waals surface area contributed by atoms with Crippen molar-refractivity contribution in [2.45, 2.75) is 26.2 Å². The molecule has 19 heavy (non-hydrogen) atoms. The first kappa shape index (κ1) is 13.3. The number of hydrogen-bond donors (Lipinski definition) is 0. The molecule has 98 valence electrons. The molecule has 2 heteroatoms. The molecule has 0 aromatic heterocycles. The van der Waals surface area contributed by atoms with Crippen molar-refractivity contribution < 1.29 is 9.53 Å².